The summed E-state index contributed by atoms with van der Waals surface area (Å²) < 4.78 is 0. The third-order valence-corrected chi connectivity index (χ3v) is 1.22. The Morgan fingerprint density at radius 2 is 2.20 bits per heavy atom. The third kappa shape index (κ3) is 3.42. The van der Waals surface area contributed by atoms with Crippen LogP contribution in [-0.2, 0) is 4.79 Å². The minimum absolute atomic E-state index is 0.202. The molecular formula is C6H14N2O2. The van der Waals surface area contributed by atoms with Gasteiger partial charge in [0.25, 0.3) is 0 Å². The molecule has 4 nitrogen and oxygen atoms in total. The quantitative estimate of drug-likeness (QED) is 0.545. The van der Waals surface area contributed by atoms with E-state index in [0.717, 1.165) is 0 Å². The zero-order chi connectivity index (χ0) is 8.15. The number of nitrogens with zero attached hydrogens (tertiary/aromatic N) is 1. The second-order valence-corrected chi connectivity index (χ2v) is 2.53. The average Bonchev–Trinajstić information content (AvgIpc) is 1.81. The zero-order valence-electron chi connectivity index (χ0n) is 6.37. The van der Waals surface area contributed by atoms with Crippen LogP contribution in [0, 0.1) is 5.92 Å². The van der Waals surface area contributed by atoms with E-state index < -0.39 is 11.9 Å². The molecule has 0 rings (SSSR count). The monoisotopic (exact) mass is 146 g/mol. The molecule has 0 aliphatic heterocycles. The molecule has 0 bridgehead atoms. The standard InChI is InChI=1S/C6H14N2O2/c1-8(2)4-5(3-7)6(9)10/h5H,3-4,7H2,1-2H3,(H,9,10). The van der Waals surface area contributed by atoms with Crippen LogP contribution in [-0.4, -0.2) is 43.2 Å². The number of hydrogen-bond donors (Lipinski definition) is 2. The molecule has 0 aromatic rings. The van der Waals surface area contributed by atoms with Crippen molar-refractivity contribution < 1.29 is 9.90 Å². The van der Waals surface area contributed by atoms with Gasteiger partial charge in [-0.05, 0) is 14.1 Å². The van der Waals surface area contributed by atoms with E-state index in [1.165, 1.54) is 0 Å². The molecule has 0 saturated carbocycles. The van der Waals surface area contributed by atoms with Crippen LogP contribution in [0.2, 0.25) is 0 Å². The van der Waals surface area contributed by atoms with Gasteiger partial charge in [0.2, 0.25) is 0 Å². The Kier molecular flexibility index (Phi) is 3.99. The number of carboxylic acid groups (broad SMARTS) is 1. The fourth-order valence-corrected chi connectivity index (χ4v) is 0.694. The van der Waals surface area contributed by atoms with Gasteiger partial charge in [0.15, 0.2) is 0 Å². The third-order valence-electron chi connectivity index (χ3n) is 1.22. The Bertz CT molecular complexity index is 114. The summed E-state index contributed by atoms with van der Waals surface area (Å²) in [4.78, 5) is 12.2. The van der Waals surface area contributed by atoms with Crippen molar-refractivity contribution in [2.45, 2.75) is 0 Å². The fraction of sp³-hybridized carbons (Fsp3) is 0.833. The van der Waals surface area contributed by atoms with Crippen LogP contribution < -0.4 is 5.73 Å². The summed E-state index contributed by atoms with van der Waals surface area (Å²) in [6, 6.07) is 0. The fourth-order valence-electron chi connectivity index (χ4n) is 0.694. The molecule has 3 N–H and O–H groups in total. The first-order valence-corrected chi connectivity index (χ1v) is 3.15. The maximum Gasteiger partial charge on any atom is 0.309 e. The highest BCUT2D eigenvalue weighted by molar-refractivity contribution is 5.70. The zero-order valence-corrected chi connectivity index (χ0v) is 6.37. The lowest BCUT2D eigenvalue weighted by Gasteiger charge is -2.14. The van der Waals surface area contributed by atoms with E-state index >= 15 is 0 Å². The van der Waals surface area contributed by atoms with Crippen molar-refractivity contribution in [2.24, 2.45) is 11.7 Å². The van der Waals surface area contributed by atoms with Gasteiger partial charge < -0.3 is 15.7 Å². The minimum atomic E-state index is -0.823. The highest BCUT2D eigenvalue weighted by atomic mass is 16.4. The van der Waals surface area contributed by atoms with Crippen molar-refractivity contribution in [1.82, 2.24) is 4.90 Å². The predicted molar refractivity (Wildman–Crippen MR) is 38.7 cm³/mol. The predicted octanol–water partition coefficient (Wildman–Crippen LogP) is -0.792. The molecule has 0 spiro atoms. The number of aliphatic carboxylic acids is 1. The maximum absolute atomic E-state index is 10.4. The molecule has 0 aromatic heterocycles. The SMILES string of the molecule is CN(C)CC(CN)C(=O)O. The van der Waals surface area contributed by atoms with E-state index in [2.05, 4.69) is 0 Å². The molecule has 0 fully saturated rings. The summed E-state index contributed by atoms with van der Waals surface area (Å²) in [5.41, 5.74) is 5.21. The normalized spacial score (nSPS) is 13.6. The second-order valence-electron chi connectivity index (χ2n) is 2.53. The first kappa shape index (κ1) is 9.39. The molecule has 0 aliphatic rings. The molecule has 60 valence electrons. The number of rotatable bonds is 4. The minimum Gasteiger partial charge on any atom is -0.481 e. The van der Waals surface area contributed by atoms with Gasteiger partial charge in [0.05, 0.1) is 5.92 Å². The molecule has 0 radical (unpaired) electrons. The van der Waals surface area contributed by atoms with Crippen molar-refractivity contribution >= 4 is 5.97 Å². The van der Waals surface area contributed by atoms with Gasteiger partial charge in [-0.1, -0.05) is 0 Å². The Balaban J connectivity index is 3.72. The number of carbonyl (C=O) groups is 1. The summed E-state index contributed by atoms with van der Waals surface area (Å²) in [5.74, 6) is -1.26. The van der Waals surface area contributed by atoms with Gasteiger partial charge in [0, 0.05) is 13.1 Å². The molecule has 1 unspecified atom stereocenters. The summed E-state index contributed by atoms with van der Waals surface area (Å²) >= 11 is 0. The number of hydrogen-bond acceptors (Lipinski definition) is 3. The molecule has 0 heterocycles. The average molecular weight is 146 g/mol. The second kappa shape index (κ2) is 4.24. The van der Waals surface area contributed by atoms with Crippen molar-refractivity contribution in [3.8, 4) is 0 Å². The first-order valence-electron chi connectivity index (χ1n) is 3.15. The van der Waals surface area contributed by atoms with Crippen LogP contribution >= 0.6 is 0 Å². The highest BCUT2D eigenvalue weighted by Crippen LogP contribution is 1.94. The van der Waals surface area contributed by atoms with E-state index in [9.17, 15) is 4.79 Å². The Morgan fingerprint density at radius 1 is 1.70 bits per heavy atom. The van der Waals surface area contributed by atoms with E-state index in [4.69, 9.17) is 10.8 Å². The number of nitrogens with two attached hydrogens (primary N) is 1. The van der Waals surface area contributed by atoms with Gasteiger partial charge in [0.1, 0.15) is 0 Å². The number of carboxylic acids is 1. The largest absolute Gasteiger partial charge is 0.481 e. The van der Waals surface area contributed by atoms with Crippen molar-refractivity contribution in [1.29, 1.82) is 0 Å². The Morgan fingerprint density at radius 3 is 2.30 bits per heavy atom. The van der Waals surface area contributed by atoms with E-state index in [-0.39, 0.29) is 6.54 Å². The molecule has 0 aromatic carbocycles. The van der Waals surface area contributed by atoms with Crippen LogP contribution in [0.15, 0.2) is 0 Å². The van der Waals surface area contributed by atoms with Crippen LogP contribution in [0.25, 0.3) is 0 Å². The maximum atomic E-state index is 10.4. The molecule has 4 heteroatoms. The van der Waals surface area contributed by atoms with Crippen molar-refractivity contribution in [3.63, 3.8) is 0 Å². The molecule has 1 atom stereocenters. The highest BCUT2D eigenvalue weighted by Gasteiger charge is 2.15. The lowest BCUT2D eigenvalue weighted by molar-refractivity contribution is -0.141. The first-order chi connectivity index (χ1) is 4.57. The topological polar surface area (TPSA) is 66.6 Å². The Hall–Kier alpha value is -0.610. The Labute approximate surface area is 60.6 Å². The molecular weight excluding hydrogens is 132 g/mol. The molecule has 10 heavy (non-hydrogen) atoms. The lowest BCUT2D eigenvalue weighted by Crippen LogP contribution is -2.33. The van der Waals surface area contributed by atoms with Crippen LogP contribution in [0.3, 0.4) is 0 Å². The summed E-state index contributed by atoms with van der Waals surface area (Å²) in [5, 5.41) is 8.52. The van der Waals surface area contributed by atoms with Crippen molar-refractivity contribution in [2.75, 3.05) is 27.2 Å². The summed E-state index contributed by atoms with van der Waals surface area (Å²) in [7, 11) is 3.65. The molecule has 0 aliphatic carbocycles. The van der Waals surface area contributed by atoms with Crippen molar-refractivity contribution in [3.05, 3.63) is 0 Å². The summed E-state index contributed by atoms with van der Waals surface area (Å²) in [6.45, 7) is 0.708. The van der Waals surface area contributed by atoms with Gasteiger partial charge in [-0.25, -0.2) is 0 Å². The van der Waals surface area contributed by atoms with E-state index in [0.29, 0.717) is 6.54 Å². The smallest absolute Gasteiger partial charge is 0.309 e. The van der Waals surface area contributed by atoms with Gasteiger partial charge in [-0.2, -0.15) is 0 Å². The summed E-state index contributed by atoms with van der Waals surface area (Å²) in [6.07, 6.45) is 0. The van der Waals surface area contributed by atoms with Crippen LogP contribution in [0.4, 0.5) is 0 Å². The molecule has 0 amide bonds. The van der Waals surface area contributed by atoms with Gasteiger partial charge >= 0.3 is 5.97 Å². The van der Waals surface area contributed by atoms with E-state index in [1.807, 2.05) is 19.0 Å². The van der Waals surface area contributed by atoms with Gasteiger partial charge in [-0.3, -0.25) is 4.79 Å². The van der Waals surface area contributed by atoms with Crippen LogP contribution in [0.5, 0.6) is 0 Å². The lowest BCUT2D eigenvalue weighted by atomic mass is 10.1. The van der Waals surface area contributed by atoms with Gasteiger partial charge in [-0.15, -0.1) is 0 Å². The van der Waals surface area contributed by atoms with Crippen LogP contribution in [0.1, 0.15) is 0 Å². The van der Waals surface area contributed by atoms with E-state index in [1.54, 1.807) is 0 Å². The molecule has 0 saturated heterocycles.